The van der Waals surface area contributed by atoms with E-state index in [1.54, 1.807) is 6.07 Å². The minimum Gasteiger partial charge on any atom is -0.494 e. The second-order valence-corrected chi connectivity index (χ2v) is 4.88. The lowest BCUT2D eigenvalue weighted by Gasteiger charge is -2.18. The number of methoxy groups -OCH3 is 1. The molecule has 2 aromatic carbocycles. The molecule has 0 saturated carbocycles. The summed E-state index contributed by atoms with van der Waals surface area (Å²) in [5.74, 6) is -2.04. The van der Waals surface area contributed by atoms with Crippen molar-refractivity contribution in [2.24, 2.45) is 0 Å². The lowest BCUT2D eigenvalue weighted by Crippen LogP contribution is -2.31. The van der Waals surface area contributed by atoms with Gasteiger partial charge in [-0.25, -0.2) is 18.0 Å². The highest BCUT2D eigenvalue weighted by Gasteiger charge is 2.13. The average Bonchev–Trinajstić information content (AvgIpc) is 2.50. The van der Waals surface area contributed by atoms with Gasteiger partial charge in [0.2, 0.25) is 0 Å². The van der Waals surface area contributed by atoms with Gasteiger partial charge in [0.25, 0.3) is 0 Å². The second-order valence-electron chi connectivity index (χ2n) is 4.88. The summed E-state index contributed by atoms with van der Waals surface area (Å²) in [6.45, 7) is 0.107. The van der Waals surface area contributed by atoms with Crippen molar-refractivity contribution in [3.8, 4) is 5.75 Å². The maximum absolute atomic E-state index is 13.6. The molecule has 0 spiro atoms. The first-order chi connectivity index (χ1) is 10.9. The number of anilines is 1. The van der Waals surface area contributed by atoms with E-state index in [0.29, 0.717) is 11.6 Å². The van der Waals surface area contributed by atoms with Crippen molar-refractivity contribution in [2.45, 2.75) is 6.54 Å². The number of ether oxygens (including phenoxy) is 1. The minimum atomic E-state index is -0.873. The molecule has 0 fully saturated rings. The Morgan fingerprint density at radius 1 is 1.13 bits per heavy atom. The van der Waals surface area contributed by atoms with Gasteiger partial charge in [0.05, 0.1) is 12.8 Å². The third-order valence-corrected chi connectivity index (χ3v) is 3.16. The number of carbonyl (C=O) groups excluding carboxylic acids is 1. The zero-order chi connectivity index (χ0) is 17.0. The molecule has 0 bridgehead atoms. The Morgan fingerprint density at radius 2 is 1.87 bits per heavy atom. The molecule has 122 valence electrons. The molecule has 2 aromatic rings. The van der Waals surface area contributed by atoms with Crippen molar-refractivity contribution >= 4 is 11.7 Å². The SMILES string of the molecule is COc1ccc(CN(C)C(=O)Nc2ccc(F)cc2F)cc1F. The van der Waals surface area contributed by atoms with Gasteiger partial charge < -0.3 is 15.0 Å². The largest absolute Gasteiger partial charge is 0.494 e. The fourth-order valence-corrected chi connectivity index (χ4v) is 1.96. The Labute approximate surface area is 131 Å². The highest BCUT2D eigenvalue weighted by atomic mass is 19.1. The highest BCUT2D eigenvalue weighted by Crippen LogP contribution is 2.19. The zero-order valence-corrected chi connectivity index (χ0v) is 12.6. The third kappa shape index (κ3) is 4.15. The zero-order valence-electron chi connectivity index (χ0n) is 12.6. The number of amides is 2. The van der Waals surface area contributed by atoms with Crippen LogP contribution in [0.1, 0.15) is 5.56 Å². The van der Waals surface area contributed by atoms with Crippen molar-refractivity contribution in [1.29, 1.82) is 0 Å². The maximum Gasteiger partial charge on any atom is 0.321 e. The summed E-state index contributed by atoms with van der Waals surface area (Å²) in [5.41, 5.74) is 0.407. The van der Waals surface area contributed by atoms with E-state index >= 15 is 0 Å². The number of nitrogens with zero attached hydrogens (tertiary/aromatic N) is 1. The molecule has 7 heteroatoms. The Hall–Kier alpha value is -2.70. The van der Waals surface area contributed by atoms with E-state index in [1.165, 1.54) is 31.2 Å². The Balaban J connectivity index is 2.03. The fourth-order valence-electron chi connectivity index (χ4n) is 1.96. The molecule has 1 N–H and O–H groups in total. The van der Waals surface area contributed by atoms with Crippen molar-refractivity contribution in [3.05, 3.63) is 59.4 Å². The van der Waals surface area contributed by atoms with Crippen LogP contribution >= 0.6 is 0 Å². The molecular weight excluding hydrogens is 309 g/mol. The van der Waals surface area contributed by atoms with Crippen LogP contribution in [-0.2, 0) is 6.54 Å². The monoisotopic (exact) mass is 324 g/mol. The number of benzene rings is 2. The van der Waals surface area contributed by atoms with Crippen molar-refractivity contribution < 1.29 is 22.7 Å². The predicted molar refractivity (Wildman–Crippen MR) is 79.8 cm³/mol. The van der Waals surface area contributed by atoms with Gasteiger partial charge in [0.15, 0.2) is 11.6 Å². The first kappa shape index (κ1) is 16.7. The lowest BCUT2D eigenvalue weighted by molar-refractivity contribution is 0.220. The first-order valence-electron chi connectivity index (χ1n) is 6.70. The number of rotatable bonds is 4. The standard InChI is InChI=1S/C16H15F3N2O2/c1-21(9-10-3-6-15(23-2)13(19)7-10)16(22)20-14-5-4-11(17)8-12(14)18/h3-8H,9H2,1-2H3,(H,20,22). The van der Waals surface area contributed by atoms with Gasteiger partial charge in [-0.05, 0) is 29.8 Å². The number of hydrogen-bond donors (Lipinski definition) is 1. The van der Waals surface area contributed by atoms with Crippen LogP contribution in [0.25, 0.3) is 0 Å². The van der Waals surface area contributed by atoms with Gasteiger partial charge in [-0.1, -0.05) is 6.07 Å². The molecular formula is C16H15F3N2O2. The van der Waals surface area contributed by atoms with E-state index in [0.717, 1.165) is 12.1 Å². The molecule has 0 aliphatic rings. The van der Waals surface area contributed by atoms with E-state index in [1.807, 2.05) is 0 Å². The number of urea groups is 1. The van der Waals surface area contributed by atoms with Crippen LogP contribution in [0, 0.1) is 17.5 Å². The van der Waals surface area contributed by atoms with Crippen LogP contribution in [0.15, 0.2) is 36.4 Å². The molecule has 2 rings (SSSR count). The molecule has 0 atom stereocenters. The molecule has 0 saturated heterocycles. The molecule has 0 aliphatic heterocycles. The number of halogens is 3. The summed E-state index contributed by atoms with van der Waals surface area (Å²) in [6, 6.07) is 6.56. The molecule has 23 heavy (non-hydrogen) atoms. The molecule has 0 radical (unpaired) electrons. The normalized spacial score (nSPS) is 10.3. The van der Waals surface area contributed by atoms with Crippen LogP contribution in [-0.4, -0.2) is 25.1 Å². The second kappa shape index (κ2) is 7.04. The van der Waals surface area contributed by atoms with Gasteiger partial charge in [0.1, 0.15) is 11.6 Å². The van der Waals surface area contributed by atoms with Gasteiger partial charge >= 0.3 is 6.03 Å². The minimum absolute atomic E-state index is 0.106. The van der Waals surface area contributed by atoms with E-state index in [2.05, 4.69) is 5.32 Å². The van der Waals surface area contributed by atoms with Gasteiger partial charge in [0, 0.05) is 19.7 Å². The topological polar surface area (TPSA) is 41.6 Å². The molecule has 2 amide bonds. The average molecular weight is 324 g/mol. The summed E-state index contributed by atoms with van der Waals surface area (Å²) in [4.78, 5) is 13.2. The number of carbonyl (C=O) groups is 1. The van der Waals surface area contributed by atoms with Gasteiger partial charge in [-0.3, -0.25) is 0 Å². The summed E-state index contributed by atoms with van der Waals surface area (Å²) in [7, 11) is 2.83. The van der Waals surface area contributed by atoms with Crippen molar-refractivity contribution in [1.82, 2.24) is 4.90 Å². The third-order valence-electron chi connectivity index (χ3n) is 3.16. The van der Waals surface area contributed by atoms with Crippen LogP contribution in [0.5, 0.6) is 5.75 Å². The molecule has 0 aliphatic carbocycles. The molecule has 0 unspecified atom stereocenters. The first-order valence-corrected chi connectivity index (χ1v) is 6.70. The predicted octanol–water partition coefficient (Wildman–Crippen LogP) is 3.78. The quantitative estimate of drug-likeness (QED) is 0.930. The van der Waals surface area contributed by atoms with Gasteiger partial charge in [-0.15, -0.1) is 0 Å². The van der Waals surface area contributed by atoms with Gasteiger partial charge in [-0.2, -0.15) is 0 Å². The molecule has 0 heterocycles. The fraction of sp³-hybridized carbons (Fsp3) is 0.188. The van der Waals surface area contributed by atoms with Crippen LogP contribution in [0.3, 0.4) is 0 Å². The number of nitrogens with one attached hydrogen (secondary N) is 1. The van der Waals surface area contributed by atoms with Crippen LogP contribution < -0.4 is 10.1 Å². The maximum atomic E-state index is 13.6. The van der Waals surface area contributed by atoms with Crippen molar-refractivity contribution in [3.63, 3.8) is 0 Å². The summed E-state index contributed by atoms with van der Waals surface area (Å²) in [5, 5.41) is 2.32. The molecule has 4 nitrogen and oxygen atoms in total. The van der Waals surface area contributed by atoms with E-state index in [-0.39, 0.29) is 18.0 Å². The summed E-state index contributed by atoms with van der Waals surface area (Å²) >= 11 is 0. The van der Waals surface area contributed by atoms with Crippen LogP contribution in [0.4, 0.5) is 23.7 Å². The van der Waals surface area contributed by atoms with Crippen LogP contribution in [0.2, 0.25) is 0 Å². The van der Waals surface area contributed by atoms with E-state index in [4.69, 9.17) is 4.74 Å². The number of hydrogen-bond acceptors (Lipinski definition) is 2. The summed E-state index contributed by atoms with van der Waals surface area (Å²) < 4.78 is 44.7. The Kier molecular flexibility index (Phi) is 5.10. The molecule has 0 aromatic heterocycles. The van der Waals surface area contributed by atoms with E-state index < -0.39 is 23.5 Å². The Bertz CT molecular complexity index is 722. The lowest BCUT2D eigenvalue weighted by atomic mass is 10.2. The Morgan fingerprint density at radius 3 is 2.48 bits per heavy atom. The smallest absolute Gasteiger partial charge is 0.321 e. The van der Waals surface area contributed by atoms with Crippen molar-refractivity contribution in [2.75, 3.05) is 19.5 Å². The highest BCUT2D eigenvalue weighted by molar-refractivity contribution is 5.89. The summed E-state index contributed by atoms with van der Waals surface area (Å²) in [6.07, 6.45) is 0. The van der Waals surface area contributed by atoms with E-state index in [9.17, 15) is 18.0 Å².